The molecule has 0 atom stereocenters. The van der Waals surface area contributed by atoms with E-state index in [0.29, 0.717) is 11.1 Å². The van der Waals surface area contributed by atoms with Gasteiger partial charge in [-0.2, -0.15) is 61.5 Å². The molecule has 0 unspecified atom stereocenters. The van der Waals surface area contributed by atoms with Crippen LogP contribution in [0, 0.1) is 0 Å². The molecule has 2 aromatic carbocycles. The van der Waals surface area contributed by atoms with Crippen molar-refractivity contribution in [1.29, 1.82) is 0 Å². The summed E-state index contributed by atoms with van der Waals surface area (Å²) in [6, 6.07) is 11.3. The standard InChI is InChI=1S/C29H26F16O2/c1-2-3-4-5-6-7-17-8-10-18(11-9-17)19-12-14-20(15-13-19)21(46)47-16-23(32,33)25(36,37)27(40,41)29(44,45)28(42,43)26(38,39)24(34,35)22(30)31/h8-15,22H,2-7,16H2,1H3. The molecule has 0 saturated carbocycles. The number of alkyl halides is 16. The molecule has 0 radical (unpaired) electrons. The molecule has 2 aromatic rings. The number of aryl methyl sites for hydroxylation is 1. The number of halogens is 16. The van der Waals surface area contributed by atoms with Gasteiger partial charge in [0, 0.05) is 0 Å². The van der Waals surface area contributed by atoms with Crippen molar-refractivity contribution >= 4 is 5.97 Å². The Morgan fingerprint density at radius 1 is 0.596 bits per heavy atom. The smallest absolute Gasteiger partial charge is 0.385 e. The fourth-order valence-corrected chi connectivity index (χ4v) is 4.09. The molecule has 0 heterocycles. The van der Waals surface area contributed by atoms with Crippen LogP contribution in [0.2, 0.25) is 0 Å². The van der Waals surface area contributed by atoms with Gasteiger partial charge in [-0.15, -0.1) is 0 Å². The molecule has 0 bridgehead atoms. The zero-order valence-electron chi connectivity index (χ0n) is 24.0. The van der Waals surface area contributed by atoms with Crippen LogP contribution >= 0.6 is 0 Å². The number of rotatable bonds is 17. The lowest BCUT2D eigenvalue weighted by Crippen LogP contribution is -2.74. The summed E-state index contributed by atoms with van der Waals surface area (Å²) in [5, 5.41) is 0. The molecule has 2 rings (SSSR count). The average Bonchev–Trinajstić information content (AvgIpc) is 2.99. The summed E-state index contributed by atoms with van der Waals surface area (Å²) in [6.45, 7) is -1.15. The molecule has 0 spiro atoms. The van der Waals surface area contributed by atoms with Crippen LogP contribution in [-0.2, 0) is 11.2 Å². The summed E-state index contributed by atoms with van der Waals surface area (Å²) in [4.78, 5) is 12.1. The normalized spacial score (nSPS) is 14.1. The quantitative estimate of drug-likeness (QED) is 0.0928. The van der Waals surface area contributed by atoms with Gasteiger partial charge in [0.25, 0.3) is 0 Å². The summed E-state index contributed by atoms with van der Waals surface area (Å²) in [7, 11) is 0. The lowest BCUT2D eigenvalue weighted by molar-refractivity contribution is -0.447. The highest BCUT2D eigenvalue weighted by Gasteiger charge is 2.93. The first-order valence-corrected chi connectivity index (χ1v) is 13.6. The van der Waals surface area contributed by atoms with E-state index in [4.69, 9.17) is 0 Å². The third-order valence-corrected chi connectivity index (χ3v) is 7.09. The topological polar surface area (TPSA) is 26.3 Å². The molecule has 0 amide bonds. The molecule has 47 heavy (non-hydrogen) atoms. The molecule has 266 valence electrons. The molecule has 0 saturated heterocycles. The largest absolute Gasteiger partial charge is 0.455 e. The van der Waals surface area contributed by atoms with E-state index < -0.39 is 66.0 Å². The minimum absolute atomic E-state index is 0.435. The summed E-state index contributed by atoms with van der Waals surface area (Å²) >= 11 is 0. The zero-order valence-corrected chi connectivity index (χ0v) is 24.0. The van der Waals surface area contributed by atoms with Crippen LogP contribution < -0.4 is 0 Å². The maximum atomic E-state index is 14.1. The van der Waals surface area contributed by atoms with Gasteiger partial charge in [0.15, 0.2) is 6.61 Å². The highest BCUT2D eigenvalue weighted by atomic mass is 19.4. The minimum Gasteiger partial charge on any atom is -0.455 e. The van der Waals surface area contributed by atoms with E-state index in [2.05, 4.69) is 11.7 Å². The van der Waals surface area contributed by atoms with Crippen molar-refractivity contribution in [1.82, 2.24) is 0 Å². The van der Waals surface area contributed by atoms with Gasteiger partial charge in [0.05, 0.1) is 5.56 Å². The number of carbonyl (C=O) groups excluding carboxylic acids is 1. The van der Waals surface area contributed by atoms with E-state index >= 15 is 0 Å². The van der Waals surface area contributed by atoms with E-state index in [1.165, 1.54) is 12.1 Å². The van der Waals surface area contributed by atoms with Gasteiger partial charge >= 0.3 is 53.9 Å². The second-order valence-corrected chi connectivity index (χ2v) is 10.5. The van der Waals surface area contributed by atoms with E-state index in [9.17, 15) is 75.0 Å². The van der Waals surface area contributed by atoms with Crippen molar-refractivity contribution in [2.24, 2.45) is 0 Å². The van der Waals surface area contributed by atoms with Crippen molar-refractivity contribution in [3.05, 3.63) is 59.7 Å². The number of carbonyl (C=O) groups is 1. The number of ether oxygens (including phenoxy) is 1. The first-order chi connectivity index (χ1) is 21.3. The Labute approximate surface area is 257 Å². The van der Waals surface area contributed by atoms with Gasteiger partial charge in [-0.25, -0.2) is 13.6 Å². The van der Waals surface area contributed by atoms with Gasteiger partial charge in [0.2, 0.25) is 0 Å². The van der Waals surface area contributed by atoms with Crippen LogP contribution in [0.5, 0.6) is 0 Å². The molecular formula is C29H26F16O2. The summed E-state index contributed by atoms with van der Waals surface area (Å²) < 4.78 is 219. The number of benzene rings is 2. The van der Waals surface area contributed by atoms with Gasteiger partial charge in [-0.1, -0.05) is 69.0 Å². The fourth-order valence-electron chi connectivity index (χ4n) is 4.09. The van der Waals surface area contributed by atoms with Crippen LogP contribution in [0.15, 0.2) is 48.5 Å². The lowest BCUT2D eigenvalue weighted by atomic mass is 9.89. The molecule has 0 fully saturated rings. The van der Waals surface area contributed by atoms with Crippen LogP contribution in [0.25, 0.3) is 11.1 Å². The Morgan fingerprint density at radius 3 is 1.49 bits per heavy atom. The Hall–Kier alpha value is -3.21. The third-order valence-electron chi connectivity index (χ3n) is 7.09. The first-order valence-electron chi connectivity index (χ1n) is 13.6. The molecule has 0 aromatic heterocycles. The van der Waals surface area contributed by atoms with Gasteiger partial charge < -0.3 is 4.74 Å². The number of hydrogen-bond acceptors (Lipinski definition) is 2. The first kappa shape index (κ1) is 40.0. The SMILES string of the molecule is CCCCCCCc1ccc(-c2ccc(C(=O)OCC(F)(F)C(F)(F)C(F)(F)C(F)(F)C(F)(F)C(F)(F)C(F)(F)C(F)F)cc2)cc1. The minimum atomic E-state index is -8.51. The molecule has 0 aliphatic rings. The van der Waals surface area contributed by atoms with Crippen molar-refractivity contribution in [3.63, 3.8) is 0 Å². The van der Waals surface area contributed by atoms with Crippen LogP contribution in [0.4, 0.5) is 70.2 Å². The van der Waals surface area contributed by atoms with Gasteiger partial charge in [0.1, 0.15) is 0 Å². The predicted molar refractivity (Wildman–Crippen MR) is 135 cm³/mol. The zero-order chi connectivity index (χ0) is 36.3. The molecule has 0 N–H and O–H groups in total. The van der Waals surface area contributed by atoms with Crippen LogP contribution in [-0.4, -0.2) is 60.5 Å². The second-order valence-electron chi connectivity index (χ2n) is 10.5. The summed E-state index contributed by atoms with van der Waals surface area (Å²) in [5.41, 5.74) is 1.37. The van der Waals surface area contributed by atoms with Crippen molar-refractivity contribution in [2.75, 3.05) is 6.61 Å². The molecule has 0 aliphatic heterocycles. The highest BCUT2D eigenvalue weighted by Crippen LogP contribution is 2.62. The number of esters is 1. The highest BCUT2D eigenvalue weighted by molar-refractivity contribution is 5.90. The van der Waals surface area contributed by atoms with Crippen molar-refractivity contribution in [3.8, 4) is 11.1 Å². The molecule has 18 heteroatoms. The fraction of sp³-hybridized carbons (Fsp3) is 0.552. The monoisotopic (exact) mass is 710 g/mol. The number of hydrogen-bond donors (Lipinski definition) is 0. The Kier molecular flexibility index (Phi) is 12.0. The van der Waals surface area contributed by atoms with Crippen molar-refractivity contribution in [2.45, 2.75) is 93.3 Å². The molecule has 2 nitrogen and oxygen atoms in total. The lowest BCUT2D eigenvalue weighted by Gasteiger charge is -2.42. The van der Waals surface area contributed by atoms with Crippen LogP contribution in [0.3, 0.4) is 0 Å². The Balaban J connectivity index is 2.18. The Morgan fingerprint density at radius 2 is 1.02 bits per heavy atom. The van der Waals surface area contributed by atoms with Gasteiger partial charge in [-0.05, 0) is 41.7 Å². The maximum Gasteiger partial charge on any atom is 0.385 e. The van der Waals surface area contributed by atoms with E-state index in [-0.39, 0.29) is 0 Å². The Bertz CT molecular complexity index is 1320. The third kappa shape index (κ3) is 7.44. The maximum absolute atomic E-state index is 14.1. The van der Waals surface area contributed by atoms with E-state index in [1.807, 2.05) is 12.1 Å². The van der Waals surface area contributed by atoms with Gasteiger partial charge in [-0.3, -0.25) is 0 Å². The average molecular weight is 710 g/mol. The summed E-state index contributed by atoms with van der Waals surface area (Å²) in [6.07, 6.45) is 0.212. The van der Waals surface area contributed by atoms with Crippen LogP contribution in [0.1, 0.15) is 54.9 Å². The molecule has 0 aliphatic carbocycles. The van der Waals surface area contributed by atoms with E-state index in [1.54, 1.807) is 12.1 Å². The summed E-state index contributed by atoms with van der Waals surface area (Å²) in [5.74, 6) is -57.5. The van der Waals surface area contributed by atoms with E-state index in [0.717, 1.165) is 56.2 Å². The second kappa shape index (κ2) is 14.1. The molecular weight excluding hydrogens is 684 g/mol. The number of unbranched alkanes of at least 4 members (excludes halogenated alkanes) is 4. The predicted octanol–water partition coefficient (Wildman–Crippen LogP) is 10.7. The van der Waals surface area contributed by atoms with Crippen molar-refractivity contribution < 1.29 is 79.8 Å².